The van der Waals surface area contributed by atoms with Crippen LogP contribution in [0.2, 0.25) is 0 Å². The number of halogens is 1. The Morgan fingerprint density at radius 3 is 2.67 bits per heavy atom. The van der Waals surface area contributed by atoms with Crippen molar-refractivity contribution in [1.29, 1.82) is 0 Å². The largest absolute Gasteiger partial charge is 0.474 e. The molecular formula is C14H11IO3. The summed E-state index contributed by atoms with van der Waals surface area (Å²) in [5, 5.41) is 0.852. The average Bonchev–Trinajstić information content (AvgIpc) is 2.33. The monoisotopic (exact) mass is 354 g/mol. The maximum absolute atomic E-state index is 11.2. The number of ether oxygens (including phenoxy) is 1. The lowest BCUT2D eigenvalue weighted by molar-refractivity contribution is 0.171. The number of fused-ring (bicyclic) bond motifs is 1. The Morgan fingerprint density at radius 2 is 2.00 bits per heavy atom. The zero-order chi connectivity index (χ0) is 13.3. The van der Waals surface area contributed by atoms with Crippen LogP contribution in [0.4, 0.5) is 0 Å². The Balaban J connectivity index is 2.58. The van der Waals surface area contributed by atoms with Crippen LogP contribution in [-0.2, 0) is 0 Å². The van der Waals surface area contributed by atoms with E-state index in [1.807, 2.05) is 12.1 Å². The van der Waals surface area contributed by atoms with E-state index < -0.39 is 5.60 Å². The Kier molecular flexibility index (Phi) is 3.35. The predicted octanol–water partition coefficient (Wildman–Crippen LogP) is 3.19. The summed E-state index contributed by atoms with van der Waals surface area (Å²) in [7, 11) is 0. The van der Waals surface area contributed by atoms with Crippen molar-refractivity contribution in [1.82, 2.24) is 0 Å². The molecule has 18 heavy (non-hydrogen) atoms. The number of hydrogen-bond acceptors (Lipinski definition) is 3. The molecule has 2 rings (SSSR count). The molecule has 0 unspecified atom stereocenters. The highest BCUT2D eigenvalue weighted by atomic mass is 127. The second-order valence-electron chi connectivity index (χ2n) is 4.31. The average molecular weight is 354 g/mol. The third kappa shape index (κ3) is 2.51. The van der Waals surface area contributed by atoms with Crippen LogP contribution in [0, 0.1) is 15.9 Å². The Bertz CT molecular complexity index is 692. The van der Waals surface area contributed by atoms with Gasteiger partial charge in [0, 0.05) is 11.5 Å². The number of rotatable bonds is 2. The molecule has 0 bridgehead atoms. The Morgan fingerprint density at radius 1 is 1.33 bits per heavy atom. The van der Waals surface area contributed by atoms with Crippen LogP contribution >= 0.6 is 22.6 Å². The summed E-state index contributed by atoms with van der Waals surface area (Å²) in [6.45, 7) is 3.60. The highest BCUT2D eigenvalue weighted by Crippen LogP contribution is 2.30. The quantitative estimate of drug-likeness (QED) is 0.473. The van der Waals surface area contributed by atoms with E-state index in [0.717, 1.165) is 8.96 Å². The van der Waals surface area contributed by atoms with Gasteiger partial charge in [0.25, 0.3) is 0 Å². The molecule has 0 spiro atoms. The first-order valence-electron chi connectivity index (χ1n) is 5.32. The summed E-state index contributed by atoms with van der Waals surface area (Å²) < 4.78 is 11.7. The zero-order valence-electron chi connectivity index (χ0n) is 9.99. The minimum absolute atomic E-state index is 0.381. The van der Waals surface area contributed by atoms with Gasteiger partial charge in [-0.25, -0.2) is 4.79 Å². The Labute approximate surface area is 118 Å². The van der Waals surface area contributed by atoms with E-state index in [2.05, 4.69) is 28.5 Å². The summed E-state index contributed by atoms with van der Waals surface area (Å²) in [5.41, 5.74) is -0.565. The first kappa shape index (κ1) is 13.0. The fraction of sp³-hybridized carbons (Fsp3) is 0.214. The van der Waals surface area contributed by atoms with Crippen LogP contribution in [0.3, 0.4) is 0 Å². The molecule has 4 heteroatoms. The van der Waals surface area contributed by atoms with Crippen LogP contribution in [0.25, 0.3) is 11.0 Å². The maximum atomic E-state index is 11.2. The molecule has 3 nitrogen and oxygen atoms in total. The third-order valence-electron chi connectivity index (χ3n) is 2.41. The van der Waals surface area contributed by atoms with Crippen molar-refractivity contribution in [2.75, 3.05) is 0 Å². The summed E-state index contributed by atoms with van der Waals surface area (Å²) in [4.78, 5) is 11.2. The minimum atomic E-state index is -0.706. The number of hydrogen-bond donors (Lipinski definition) is 0. The van der Waals surface area contributed by atoms with Gasteiger partial charge in [0.2, 0.25) is 0 Å². The maximum Gasteiger partial charge on any atom is 0.336 e. The minimum Gasteiger partial charge on any atom is -0.474 e. The molecule has 0 aliphatic heterocycles. The number of terminal acetylenes is 1. The Hall–Kier alpha value is -1.48. The topological polar surface area (TPSA) is 39.4 Å². The second kappa shape index (κ2) is 4.65. The van der Waals surface area contributed by atoms with E-state index in [9.17, 15) is 4.79 Å². The van der Waals surface area contributed by atoms with Crippen molar-refractivity contribution in [3.05, 3.63) is 38.3 Å². The molecule has 0 saturated heterocycles. The smallest absolute Gasteiger partial charge is 0.336 e. The molecule has 0 amide bonds. The van der Waals surface area contributed by atoms with Crippen molar-refractivity contribution in [2.24, 2.45) is 0 Å². The summed E-state index contributed by atoms with van der Waals surface area (Å²) in [5.74, 6) is 3.17. The normalized spacial score (nSPS) is 11.2. The molecule has 0 saturated carbocycles. The van der Waals surface area contributed by atoms with E-state index in [4.69, 9.17) is 15.6 Å². The van der Waals surface area contributed by atoms with E-state index >= 15 is 0 Å². The molecule has 0 fully saturated rings. The van der Waals surface area contributed by atoms with Gasteiger partial charge in [0.1, 0.15) is 5.75 Å². The van der Waals surface area contributed by atoms with Crippen LogP contribution < -0.4 is 10.4 Å². The van der Waals surface area contributed by atoms with Gasteiger partial charge in [-0.05, 0) is 54.6 Å². The molecule has 2 aromatic rings. The van der Waals surface area contributed by atoms with Gasteiger partial charge in [-0.15, -0.1) is 6.42 Å². The van der Waals surface area contributed by atoms with Gasteiger partial charge in [-0.3, -0.25) is 0 Å². The molecule has 0 N–H and O–H groups in total. The van der Waals surface area contributed by atoms with Crippen LogP contribution in [0.1, 0.15) is 13.8 Å². The van der Waals surface area contributed by atoms with Crippen molar-refractivity contribution in [3.8, 4) is 18.1 Å². The molecular weight excluding hydrogens is 343 g/mol. The van der Waals surface area contributed by atoms with Crippen molar-refractivity contribution < 1.29 is 9.15 Å². The lowest BCUT2D eigenvalue weighted by atomic mass is 10.1. The standard InChI is InChI=1S/C14H11IO3/c1-4-14(2,3)18-10-7-5-9-6-8-11(16)17-13(9)12(10)15/h1,5-8H,2-3H3. The zero-order valence-corrected chi connectivity index (χ0v) is 12.1. The van der Waals surface area contributed by atoms with Crippen molar-refractivity contribution in [3.63, 3.8) is 0 Å². The third-order valence-corrected chi connectivity index (χ3v) is 3.43. The fourth-order valence-electron chi connectivity index (χ4n) is 1.46. The lowest BCUT2D eigenvalue weighted by Gasteiger charge is -2.21. The number of benzene rings is 1. The predicted molar refractivity (Wildman–Crippen MR) is 78.7 cm³/mol. The van der Waals surface area contributed by atoms with E-state index in [0.29, 0.717) is 11.3 Å². The van der Waals surface area contributed by atoms with Gasteiger partial charge in [0.05, 0.1) is 3.57 Å². The molecule has 0 atom stereocenters. The summed E-state index contributed by atoms with van der Waals surface area (Å²) >= 11 is 2.09. The molecule has 1 aromatic heterocycles. The van der Waals surface area contributed by atoms with E-state index in [1.54, 1.807) is 19.9 Å². The van der Waals surface area contributed by atoms with Gasteiger partial charge >= 0.3 is 5.63 Å². The molecule has 0 aliphatic carbocycles. The van der Waals surface area contributed by atoms with Gasteiger partial charge in [-0.1, -0.05) is 5.92 Å². The SMILES string of the molecule is C#CC(C)(C)Oc1ccc2ccc(=O)oc2c1I. The highest BCUT2D eigenvalue weighted by Gasteiger charge is 2.18. The van der Waals surface area contributed by atoms with E-state index in [-0.39, 0.29) is 5.63 Å². The van der Waals surface area contributed by atoms with Crippen LogP contribution in [0.5, 0.6) is 5.75 Å². The van der Waals surface area contributed by atoms with Crippen LogP contribution in [0.15, 0.2) is 33.5 Å². The van der Waals surface area contributed by atoms with Crippen molar-refractivity contribution in [2.45, 2.75) is 19.4 Å². The first-order chi connectivity index (χ1) is 8.43. The van der Waals surface area contributed by atoms with Gasteiger partial charge in [-0.2, -0.15) is 0 Å². The fourth-order valence-corrected chi connectivity index (χ4v) is 2.17. The molecule has 0 aliphatic rings. The lowest BCUT2D eigenvalue weighted by Crippen LogP contribution is -2.25. The highest BCUT2D eigenvalue weighted by molar-refractivity contribution is 14.1. The summed E-state index contributed by atoms with van der Waals surface area (Å²) in [6.07, 6.45) is 5.39. The molecule has 92 valence electrons. The van der Waals surface area contributed by atoms with Crippen molar-refractivity contribution >= 4 is 33.6 Å². The molecule has 1 heterocycles. The van der Waals surface area contributed by atoms with Gasteiger partial charge in [0.15, 0.2) is 11.2 Å². The van der Waals surface area contributed by atoms with Crippen LogP contribution in [-0.4, -0.2) is 5.60 Å². The first-order valence-corrected chi connectivity index (χ1v) is 6.40. The molecule has 1 aromatic carbocycles. The summed E-state index contributed by atoms with van der Waals surface area (Å²) in [6, 6.07) is 6.77. The van der Waals surface area contributed by atoms with E-state index in [1.165, 1.54) is 6.07 Å². The molecule has 0 radical (unpaired) electrons. The van der Waals surface area contributed by atoms with Gasteiger partial charge < -0.3 is 9.15 Å². The second-order valence-corrected chi connectivity index (χ2v) is 5.39.